The van der Waals surface area contributed by atoms with Crippen molar-refractivity contribution in [3.8, 4) is 0 Å². The van der Waals surface area contributed by atoms with E-state index >= 15 is 0 Å². The van der Waals surface area contributed by atoms with Crippen molar-refractivity contribution >= 4 is 46.0 Å². The number of carbonyl (C=O) groups is 2. The van der Waals surface area contributed by atoms with Gasteiger partial charge < -0.3 is 10.1 Å². The van der Waals surface area contributed by atoms with E-state index in [1.54, 1.807) is 30.3 Å². The molecule has 0 aliphatic heterocycles. The Kier molecular flexibility index (Phi) is 5.94. The Labute approximate surface area is 166 Å². The maximum atomic E-state index is 12.6. The van der Waals surface area contributed by atoms with Crippen molar-refractivity contribution in [1.29, 1.82) is 0 Å². The summed E-state index contributed by atoms with van der Waals surface area (Å²) in [5.74, 6) is -1.05. The zero-order valence-corrected chi connectivity index (χ0v) is 15.9. The van der Waals surface area contributed by atoms with Gasteiger partial charge >= 0.3 is 5.97 Å². The van der Waals surface area contributed by atoms with Gasteiger partial charge in [0.15, 0.2) is 0 Å². The number of amides is 1. The zero-order chi connectivity index (χ0) is 19.4. The predicted octanol–water partition coefficient (Wildman–Crippen LogP) is 4.06. The Morgan fingerprint density at radius 1 is 1.11 bits per heavy atom. The monoisotopic (exact) mass is 402 g/mol. The maximum Gasteiger partial charge on any atom is 0.328 e. The molecule has 1 atom stereocenters. The number of hydrogen-bond donors (Lipinski definition) is 1. The van der Waals surface area contributed by atoms with Gasteiger partial charge in [0, 0.05) is 21.9 Å². The Balaban J connectivity index is 1.82. The van der Waals surface area contributed by atoms with Gasteiger partial charge in [0.1, 0.15) is 11.7 Å². The van der Waals surface area contributed by atoms with Crippen LogP contribution in [0.25, 0.3) is 10.9 Å². The second-order valence-electron chi connectivity index (χ2n) is 5.88. The van der Waals surface area contributed by atoms with Gasteiger partial charge in [-0.25, -0.2) is 9.78 Å². The number of para-hydroxylation sites is 1. The molecule has 2 aromatic carbocycles. The van der Waals surface area contributed by atoms with Crippen molar-refractivity contribution in [2.75, 3.05) is 7.11 Å². The summed E-state index contributed by atoms with van der Waals surface area (Å²) in [5.41, 5.74) is 1.58. The quantitative estimate of drug-likeness (QED) is 0.653. The van der Waals surface area contributed by atoms with Gasteiger partial charge in [-0.3, -0.25) is 4.79 Å². The molecular weight excluding hydrogens is 387 g/mol. The number of fused-ring (bicyclic) bond motifs is 1. The number of esters is 1. The van der Waals surface area contributed by atoms with E-state index in [-0.39, 0.29) is 12.1 Å². The normalized spacial score (nSPS) is 11.8. The van der Waals surface area contributed by atoms with Crippen LogP contribution < -0.4 is 5.32 Å². The summed E-state index contributed by atoms with van der Waals surface area (Å²) < 4.78 is 4.81. The van der Waals surface area contributed by atoms with Crippen LogP contribution in [0.5, 0.6) is 0 Å². The molecule has 7 heteroatoms. The van der Waals surface area contributed by atoms with Crippen molar-refractivity contribution in [2.24, 2.45) is 0 Å². The van der Waals surface area contributed by atoms with Gasteiger partial charge in [-0.15, -0.1) is 0 Å². The molecule has 0 saturated heterocycles. The highest BCUT2D eigenvalue weighted by atomic mass is 35.5. The van der Waals surface area contributed by atoms with Crippen LogP contribution >= 0.6 is 23.2 Å². The van der Waals surface area contributed by atoms with Crippen molar-refractivity contribution in [2.45, 2.75) is 12.5 Å². The summed E-state index contributed by atoms with van der Waals surface area (Å²) in [4.78, 5) is 29.1. The third-order valence-electron chi connectivity index (χ3n) is 4.06. The molecule has 0 unspecified atom stereocenters. The summed E-state index contributed by atoms with van der Waals surface area (Å²) in [7, 11) is 1.26. The van der Waals surface area contributed by atoms with Gasteiger partial charge in [0.05, 0.1) is 12.6 Å². The molecule has 0 aliphatic carbocycles. The van der Waals surface area contributed by atoms with Crippen LogP contribution in [-0.4, -0.2) is 30.0 Å². The van der Waals surface area contributed by atoms with Crippen molar-refractivity contribution < 1.29 is 14.3 Å². The molecule has 3 aromatic rings. The molecular formula is C20H16Cl2N2O3. The third kappa shape index (κ3) is 4.56. The molecule has 3 rings (SSSR count). The molecule has 0 spiro atoms. The number of aromatic nitrogens is 1. The summed E-state index contributed by atoms with van der Waals surface area (Å²) in [5, 5.41) is 4.49. The maximum absolute atomic E-state index is 12.6. The van der Waals surface area contributed by atoms with Crippen molar-refractivity contribution in [3.63, 3.8) is 0 Å². The van der Waals surface area contributed by atoms with Crippen LogP contribution in [0.1, 0.15) is 16.1 Å². The largest absolute Gasteiger partial charge is 0.467 e. The number of rotatable bonds is 5. The van der Waals surface area contributed by atoms with Crippen LogP contribution in [0.2, 0.25) is 10.0 Å². The lowest BCUT2D eigenvalue weighted by molar-refractivity contribution is -0.142. The van der Waals surface area contributed by atoms with Crippen molar-refractivity contribution in [3.05, 3.63) is 75.9 Å². The predicted molar refractivity (Wildman–Crippen MR) is 105 cm³/mol. The molecule has 0 fully saturated rings. The number of nitrogens with one attached hydrogen (secondary N) is 1. The van der Waals surface area contributed by atoms with Crippen LogP contribution in [0.3, 0.4) is 0 Å². The average molecular weight is 403 g/mol. The smallest absolute Gasteiger partial charge is 0.328 e. The highest BCUT2D eigenvalue weighted by Gasteiger charge is 2.24. The summed E-state index contributed by atoms with van der Waals surface area (Å²) >= 11 is 12.1. The van der Waals surface area contributed by atoms with Crippen LogP contribution in [-0.2, 0) is 16.0 Å². The minimum Gasteiger partial charge on any atom is -0.467 e. The van der Waals surface area contributed by atoms with Crippen LogP contribution in [0, 0.1) is 0 Å². The van der Waals surface area contributed by atoms with E-state index in [0.717, 1.165) is 5.39 Å². The van der Waals surface area contributed by atoms with E-state index in [2.05, 4.69) is 10.3 Å². The van der Waals surface area contributed by atoms with E-state index in [1.807, 2.05) is 24.3 Å². The molecule has 27 heavy (non-hydrogen) atoms. The van der Waals surface area contributed by atoms with Gasteiger partial charge in [-0.05, 0) is 29.8 Å². The zero-order valence-electron chi connectivity index (χ0n) is 14.4. The Morgan fingerprint density at radius 3 is 2.63 bits per heavy atom. The average Bonchev–Trinajstić information content (AvgIpc) is 2.68. The molecule has 1 N–H and O–H groups in total. The fourth-order valence-electron chi connectivity index (χ4n) is 2.67. The molecule has 1 aromatic heterocycles. The van der Waals surface area contributed by atoms with Gasteiger partial charge in [-0.2, -0.15) is 0 Å². The Morgan fingerprint density at radius 2 is 1.89 bits per heavy atom. The summed E-state index contributed by atoms with van der Waals surface area (Å²) in [6.45, 7) is 0. The molecule has 138 valence electrons. The number of benzene rings is 2. The standard InChI is InChI=1S/C20H16Cl2N2O3/c1-27-20(26)18(10-13-6-8-14(21)11-15(13)22)24-19(25)17-9-7-12-4-2-3-5-16(12)23-17/h2-9,11,18H,10H2,1H3,(H,24,25)/t18-/m1/s1. The minimum atomic E-state index is -0.908. The molecule has 0 saturated carbocycles. The number of halogens is 2. The fourth-order valence-corrected chi connectivity index (χ4v) is 3.15. The molecule has 5 nitrogen and oxygen atoms in total. The van der Waals surface area contributed by atoms with E-state index in [4.69, 9.17) is 27.9 Å². The molecule has 0 bridgehead atoms. The summed E-state index contributed by atoms with van der Waals surface area (Å²) in [6.07, 6.45) is 0.169. The lowest BCUT2D eigenvalue weighted by atomic mass is 10.1. The number of ether oxygens (including phenoxy) is 1. The Bertz CT molecular complexity index is 1010. The number of pyridine rings is 1. The molecule has 1 amide bonds. The van der Waals surface area contributed by atoms with Crippen LogP contribution in [0.4, 0.5) is 0 Å². The number of hydrogen-bond acceptors (Lipinski definition) is 4. The first-order valence-electron chi connectivity index (χ1n) is 8.16. The van der Waals surface area contributed by atoms with Crippen molar-refractivity contribution in [1.82, 2.24) is 10.3 Å². The number of carbonyl (C=O) groups excluding carboxylic acids is 2. The first kappa shape index (κ1) is 19.1. The second-order valence-corrected chi connectivity index (χ2v) is 6.72. The number of methoxy groups -OCH3 is 1. The first-order valence-corrected chi connectivity index (χ1v) is 8.92. The fraction of sp³-hybridized carbons (Fsp3) is 0.150. The topological polar surface area (TPSA) is 68.3 Å². The second kappa shape index (κ2) is 8.37. The highest BCUT2D eigenvalue weighted by Crippen LogP contribution is 2.22. The third-order valence-corrected chi connectivity index (χ3v) is 4.65. The first-order chi connectivity index (χ1) is 13.0. The van der Waals surface area contributed by atoms with Gasteiger partial charge in [0.2, 0.25) is 0 Å². The molecule has 1 heterocycles. The summed E-state index contributed by atoms with van der Waals surface area (Å²) in [6, 6.07) is 14.9. The molecule has 0 radical (unpaired) electrons. The van der Waals surface area contributed by atoms with Crippen LogP contribution in [0.15, 0.2) is 54.6 Å². The lowest BCUT2D eigenvalue weighted by Crippen LogP contribution is -2.43. The SMILES string of the molecule is COC(=O)[C@@H](Cc1ccc(Cl)cc1Cl)NC(=O)c1ccc2ccccc2n1. The van der Waals surface area contributed by atoms with Gasteiger partial charge in [-0.1, -0.05) is 53.5 Å². The minimum absolute atomic E-state index is 0.169. The highest BCUT2D eigenvalue weighted by molar-refractivity contribution is 6.35. The number of nitrogens with zero attached hydrogens (tertiary/aromatic N) is 1. The lowest BCUT2D eigenvalue weighted by Gasteiger charge is -2.17. The molecule has 0 aliphatic rings. The van der Waals surface area contributed by atoms with Gasteiger partial charge in [0.25, 0.3) is 5.91 Å². The Hall–Kier alpha value is -2.63. The van der Waals surface area contributed by atoms with E-state index in [9.17, 15) is 9.59 Å². The van der Waals surface area contributed by atoms with E-state index in [0.29, 0.717) is 21.1 Å². The van der Waals surface area contributed by atoms with E-state index in [1.165, 1.54) is 7.11 Å². The van der Waals surface area contributed by atoms with E-state index < -0.39 is 17.9 Å².